The molecule has 1 N–H and O–H groups in total. The number of aromatic nitrogens is 3. The molecule has 0 saturated carbocycles. The molecule has 0 spiro atoms. The monoisotopic (exact) mass is 264 g/mol. The predicted octanol–water partition coefficient (Wildman–Crippen LogP) is 2.56. The summed E-state index contributed by atoms with van der Waals surface area (Å²) >= 11 is 6.22. The van der Waals surface area contributed by atoms with Crippen molar-refractivity contribution in [3.8, 4) is 0 Å². The number of hydrogen-bond donors (Lipinski definition) is 1. The highest BCUT2D eigenvalue weighted by Crippen LogP contribution is 2.26. The molecular weight excluding hydrogens is 248 g/mol. The third-order valence-corrected chi connectivity index (χ3v) is 3.06. The first kappa shape index (κ1) is 13.1. The van der Waals surface area contributed by atoms with Gasteiger partial charge in [-0.05, 0) is 30.7 Å². The number of nitrogens with zero attached hydrogens (tertiary/aromatic N) is 3. The van der Waals surface area contributed by atoms with Crippen molar-refractivity contribution in [1.82, 2.24) is 20.1 Å². The minimum absolute atomic E-state index is 0.0154. The molecule has 0 aliphatic heterocycles. The van der Waals surface area contributed by atoms with Crippen LogP contribution in [0.25, 0.3) is 0 Å². The molecule has 2 rings (SSSR count). The maximum Gasteiger partial charge on any atom is 0.0839 e. The third kappa shape index (κ3) is 2.89. The van der Waals surface area contributed by atoms with Gasteiger partial charge in [0.1, 0.15) is 0 Å². The van der Waals surface area contributed by atoms with Gasteiger partial charge in [0, 0.05) is 25.6 Å². The zero-order valence-electron chi connectivity index (χ0n) is 10.6. The zero-order chi connectivity index (χ0) is 13.0. The Morgan fingerprint density at radius 2 is 2.28 bits per heavy atom. The Kier molecular flexibility index (Phi) is 4.33. The number of hydrogen-bond acceptors (Lipinski definition) is 3. The summed E-state index contributed by atoms with van der Waals surface area (Å²) in [4.78, 5) is 4.02. The predicted molar refractivity (Wildman–Crippen MR) is 72.6 cm³/mol. The van der Waals surface area contributed by atoms with Gasteiger partial charge in [-0.2, -0.15) is 5.10 Å². The Morgan fingerprint density at radius 3 is 2.89 bits per heavy atom. The molecule has 0 bridgehead atoms. The summed E-state index contributed by atoms with van der Waals surface area (Å²) in [5.74, 6) is 0. The molecule has 18 heavy (non-hydrogen) atoms. The summed E-state index contributed by atoms with van der Waals surface area (Å²) < 4.78 is 1.80. The molecule has 2 heterocycles. The molecule has 1 unspecified atom stereocenters. The van der Waals surface area contributed by atoms with Crippen LogP contribution in [0.1, 0.15) is 30.6 Å². The SMILES string of the molecule is CCCNC(c1ccn(C)n1)c1ccncc1Cl. The van der Waals surface area contributed by atoms with Gasteiger partial charge in [0.25, 0.3) is 0 Å². The van der Waals surface area contributed by atoms with Crippen LogP contribution >= 0.6 is 11.6 Å². The molecule has 0 saturated heterocycles. The maximum absolute atomic E-state index is 6.22. The molecule has 4 nitrogen and oxygen atoms in total. The van der Waals surface area contributed by atoms with Gasteiger partial charge in [-0.25, -0.2) is 0 Å². The fourth-order valence-corrected chi connectivity index (χ4v) is 2.10. The highest BCUT2D eigenvalue weighted by molar-refractivity contribution is 6.31. The van der Waals surface area contributed by atoms with Crippen LogP contribution in [0.4, 0.5) is 0 Å². The Bertz CT molecular complexity index is 509. The van der Waals surface area contributed by atoms with Crippen molar-refractivity contribution < 1.29 is 0 Å². The summed E-state index contributed by atoms with van der Waals surface area (Å²) in [6.07, 6.45) is 6.42. The summed E-state index contributed by atoms with van der Waals surface area (Å²) in [6.45, 7) is 3.05. The van der Waals surface area contributed by atoms with Crippen LogP contribution in [-0.4, -0.2) is 21.3 Å². The van der Waals surface area contributed by atoms with Crippen LogP contribution in [-0.2, 0) is 7.05 Å². The van der Waals surface area contributed by atoms with E-state index in [1.54, 1.807) is 17.1 Å². The van der Waals surface area contributed by atoms with Gasteiger partial charge in [0.2, 0.25) is 0 Å². The van der Waals surface area contributed by atoms with E-state index in [0.717, 1.165) is 24.2 Å². The quantitative estimate of drug-likeness (QED) is 0.903. The van der Waals surface area contributed by atoms with E-state index in [0.29, 0.717) is 5.02 Å². The fourth-order valence-electron chi connectivity index (χ4n) is 1.87. The first-order valence-electron chi connectivity index (χ1n) is 6.04. The lowest BCUT2D eigenvalue weighted by Gasteiger charge is -2.17. The number of aryl methyl sites for hydroxylation is 1. The van der Waals surface area contributed by atoms with E-state index in [-0.39, 0.29) is 6.04 Å². The van der Waals surface area contributed by atoms with E-state index in [9.17, 15) is 0 Å². The second-order valence-electron chi connectivity index (χ2n) is 4.20. The minimum Gasteiger partial charge on any atom is -0.305 e. The molecular formula is C13H17ClN4. The van der Waals surface area contributed by atoms with Crippen LogP contribution in [0, 0.1) is 0 Å². The van der Waals surface area contributed by atoms with Crippen LogP contribution in [0.3, 0.4) is 0 Å². The van der Waals surface area contributed by atoms with E-state index in [4.69, 9.17) is 11.6 Å². The van der Waals surface area contributed by atoms with Crippen LogP contribution in [0.2, 0.25) is 5.02 Å². The average Bonchev–Trinajstić information content (AvgIpc) is 2.78. The topological polar surface area (TPSA) is 42.7 Å². The molecule has 0 fully saturated rings. The lowest BCUT2D eigenvalue weighted by atomic mass is 10.1. The second kappa shape index (κ2) is 5.98. The van der Waals surface area contributed by atoms with Gasteiger partial charge in [-0.1, -0.05) is 18.5 Å². The number of nitrogens with one attached hydrogen (secondary N) is 1. The first-order valence-corrected chi connectivity index (χ1v) is 6.42. The number of pyridine rings is 1. The van der Waals surface area contributed by atoms with Crippen molar-refractivity contribution in [2.75, 3.05) is 6.54 Å². The molecule has 0 aliphatic carbocycles. The summed E-state index contributed by atoms with van der Waals surface area (Å²) in [5.41, 5.74) is 1.98. The normalized spacial score (nSPS) is 12.6. The van der Waals surface area contributed by atoms with Crippen LogP contribution in [0.15, 0.2) is 30.7 Å². The Morgan fingerprint density at radius 1 is 1.44 bits per heavy atom. The largest absolute Gasteiger partial charge is 0.305 e. The van der Waals surface area contributed by atoms with E-state index < -0.39 is 0 Å². The molecule has 1 atom stereocenters. The van der Waals surface area contributed by atoms with Crippen molar-refractivity contribution in [1.29, 1.82) is 0 Å². The van der Waals surface area contributed by atoms with Crippen LogP contribution < -0.4 is 5.32 Å². The van der Waals surface area contributed by atoms with E-state index >= 15 is 0 Å². The molecule has 0 aromatic carbocycles. The highest BCUT2D eigenvalue weighted by Gasteiger charge is 2.18. The maximum atomic E-state index is 6.22. The molecule has 0 aliphatic rings. The van der Waals surface area contributed by atoms with Crippen molar-refractivity contribution in [2.45, 2.75) is 19.4 Å². The second-order valence-corrected chi connectivity index (χ2v) is 4.61. The minimum atomic E-state index is 0.0154. The summed E-state index contributed by atoms with van der Waals surface area (Å²) in [6, 6.07) is 3.95. The Labute approximate surface area is 112 Å². The lowest BCUT2D eigenvalue weighted by molar-refractivity contribution is 0.575. The van der Waals surface area contributed by atoms with Crippen molar-refractivity contribution >= 4 is 11.6 Å². The Hall–Kier alpha value is -1.39. The molecule has 96 valence electrons. The fraction of sp³-hybridized carbons (Fsp3) is 0.385. The van der Waals surface area contributed by atoms with Gasteiger partial charge in [0.05, 0.1) is 16.8 Å². The van der Waals surface area contributed by atoms with E-state index in [1.807, 2.05) is 25.4 Å². The van der Waals surface area contributed by atoms with Gasteiger partial charge < -0.3 is 5.32 Å². The summed E-state index contributed by atoms with van der Waals surface area (Å²) in [7, 11) is 1.91. The van der Waals surface area contributed by atoms with E-state index in [2.05, 4.69) is 22.3 Å². The molecule has 0 amide bonds. The average molecular weight is 265 g/mol. The Balaban J connectivity index is 2.33. The number of rotatable bonds is 5. The van der Waals surface area contributed by atoms with E-state index in [1.165, 1.54) is 0 Å². The standard InChI is InChI=1S/C13H17ClN4/c1-3-6-16-13(12-5-8-18(2)17-12)10-4-7-15-9-11(10)14/h4-5,7-9,13,16H,3,6H2,1-2H3. The van der Waals surface area contributed by atoms with Crippen molar-refractivity contribution in [3.05, 3.63) is 47.0 Å². The van der Waals surface area contributed by atoms with Gasteiger partial charge >= 0.3 is 0 Å². The zero-order valence-corrected chi connectivity index (χ0v) is 11.4. The third-order valence-electron chi connectivity index (χ3n) is 2.74. The van der Waals surface area contributed by atoms with Crippen molar-refractivity contribution in [2.24, 2.45) is 7.05 Å². The lowest BCUT2D eigenvalue weighted by Crippen LogP contribution is -2.24. The number of halogens is 1. The molecule has 0 radical (unpaired) electrons. The van der Waals surface area contributed by atoms with Gasteiger partial charge in [0.15, 0.2) is 0 Å². The highest BCUT2D eigenvalue weighted by atomic mass is 35.5. The van der Waals surface area contributed by atoms with Gasteiger partial charge in [-0.15, -0.1) is 0 Å². The van der Waals surface area contributed by atoms with Gasteiger partial charge in [-0.3, -0.25) is 9.67 Å². The van der Waals surface area contributed by atoms with Crippen LogP contribution in [0.5, 0.6) is 0 Å². The smallest absolute Gasteiger partial charge is 0.0839 e. The molecule has 2 aromatic rings. The summed E-state index contributed by atoms with van der Waals surface area (Å²) in [5, 5.41) is 8.59. The van der Waals surface area contributed by atoms with Crippen molar-refractivity contribution in [3.63, 3.8) is 0 Å². The first-order chi connectivity index (χ1) is 8.72. The molecule has 2 aromatic heterocycles. The molecule has 5 heteroatoms.